The average Bonchev–Trinajstić information content (AvgIpc) is 2.34. The van der Waals surface area contributed by atoms with Crippen LogP contribution in [0.3, 0.4) is 0 Å². The van der Waals surface area contributed by atoms with E-state index in [1.807, 2.05) is 12.1 Å². The third kappa shape index (κ3) is 4.91. The van der Waals surface area contributed by atoms with Crippen LogP contribution < -0.4 is 5.32 Å². The van der Waals surface area contributed by atoms with E-state index in [1.54, 1.807) is 31.1 Å². The Labute approximate surface area is 115 Å². The Morgan fingerprint density at radius 3 is 2.47 bits per heavy atom. The molecule has 4 heteroatoms. The molecule has 0 heterocycles. The van der Waals surface area contributed by atoms with E-state index in [9.17, 15) is 9.90 Å². The first-order valence-corrected chi connectivity index (χ1v) is 6.63. The molecule has 1 unspecified atom stereocenters. The van der Waals surface area contributed by atoms with Gasteiger partial charge in [-0.2, -0.15) is 0 Å². The molecule has 0 aliphatic rings. The second-order valence-corrected chi connectivity index (χ2v) is 5.42. The highest BCUT2D eigenvalue weighted by molar-refractivity contribution is 5.81. The summed E-state index contributed by atoms with van der Waals surface area (Å²) in [6, 6.07) is 6.96. The molecular weight excluding hydrogens is 240 g/mol. The third-order valence-electron chi connectivity index (χ3n) is 2.98. The van der Waals surface area contributed by atoms with E-state index < -0.39 is 0 Å². The zero-order chi connectivity index (χ0) is 14.4. The fourth-order valence-electron chi connectivity index (χ4n) is 1.95. The van der Waals surface area contributed by atoms with E-state index in [4.69, 9.17) is 0 Å². The number of phenols is 1. The Hall–Kier alpha value is -1.55. The molecule has 2 N–H and O–H groups in total. The van der Waals surface area contributed by atoms with Gasteiger partial charge in [0.25, 0.3) is 0 Å². The second kappa shape index (κ2) is 7.14. The minimum absolute atomic E-state index is 0.0733. The number of aromatic hydroxyl groups is 1. The first-order chi connectivity index (χ1) is 8.91. The number of carbonyl (C=O) groups excluding carboxylic acids is 1. The molecule has 1 rings (SSSR count). The first kappa shape index (κ1) is 15.5. The summed E-state index contributed by atoms with van der Waals surface area (Å²) in [6.07, 6.45) is 0.782. The largest absolute Gasteiger partial charge is 0.508 e. The highest BCUT2D eigenvalue weighted by Crippen LogP contribution is 2.16. The number of rotatable bonds is 6. The van der Waals surface area contributed by atoms with Crippen molar-refractivity contribution in [3.63, 3.8) is 0 Å². The number of hydrogen-bond donors (Lipinski definition) is 2. The number of para-hydroxylation sites is 1. The van der Waals surface area contributed by atoms with Crippen molar-refractivity contribution in [2.75, 3.05) is 14.1 Å². The molecule has 1 aromatic rings. The zero-order valence-corrected chi connectivity index (χ0v) is 12.2. The van der Waals surface area contributed by atoms with E-state index in [1.165, 1.54) is 0 Å². The number of nitrogens with zero attached hydrogens (tertiary/aromatic N) is 1. The SMILES string of the molecule is CC(C)CC(NCc1ccccc1O)C(=O)N(C)C. The lowest BCUT2D eigenvalue weighted by molar-refractivity contribution is -0.131. The van der Waals surface area contributed by atoms with E-state index in [-0.39, 0.29) is 17.7 Å². The summed E-state index contributed by atoms with van der Waals surface area (Å²) in [7, 11) is 3.52. The van der Waals surface area contributed by atoms with Gasteiger partial charge in [-0.15, -0.1) is 0 Å². The zero-order valence-electron chi connectivity index (χ0n) is 12.2. The second-order valence-electron chi connectivity index (χ2n) is 5.42. The van der Waals surface area contributed by atoms with Crippen molar-refractivity contribution in [3.05, 3.63) is 29.8 Å². The lowest BCUT2D eigenvalue weighted by Crippen LogP contribution is -2.44. The maximum Gasteiger partial charge on any atom is 0.239 e. The molecule has 0 radical (unpaired) electrons. The summed E-state index contributed by atoms with van der Waals surface area (Å²) >= 11 is 0. The number of carbonyl (C=O) groups is 1. The molecule has 0 saturated carbocycles. The highest BCUT2D eigenvalue weighted by Gasteiger charge is 2.20. The number of phenolic OH excluding ortho intramolecular Hbond substituents is 1. The molecule has 0 fully saturated rings. The molecule has 0 spiro atoms. The molecule has 1 atom stereocenters. The number of amides is 1. The van der Waals surface area contributed by atoms with Crippen LogP contribution in [0.2, 0.25) is 0 Å². The van der Waals surface area contributed by atoms with Crippen molar-refractivity contribution < 1.29 is 9.90 Å². The summed E-state index contributed by atoms with van der Waals surface area (Å²) in [4.78, 5) is 13.7. The van der Waals surface area contributed by atoms with Crippen molar-refractivity contribution in [1.29, 1.82) is 0 Å². The van der Waals surface area contributed by atoms with Gasteiger partial charge in [0.15, 0.2) is 0 Å². The Kier molecular flexibility index (Phi) is 5.83. The van der Waals surface area contributed by atoms with Gasteiger partial charge in [-0.3, -0.25) is 4.79 Å². The molecule has 0 aliphatic heterocycles. The van der Waals surface area contributed by atoms with Crippen LogP contribution in [-0.4, -0.2) is 36.1 Å². The average molecular weight is 264 g/mol. The van der Waals surface area contributed by atoms with Gasteiger partial charge in [-0.1, -0.05) is 32.0 Å². The summed E-state index contributed by atoms with van der Waals surface area (Å²) < 4.78 is 0. The van der Waals surface area contributed by atoms with Gasteiger partial charge in [0.2, 0.25) is 5.91 Å². The predicted molar refractivity (Wildman–Crippen MR) is 76.9 cm³/mol. The number of likely N-dealkylation sites (N-methyl/N-ethyl adjacent to an activating group) is 1. The molecule has 1 amide bonds. The van der Waals surface area contributed by atoms with Gasteiger partial charge in [-0.05, 0) is 18.4 Å². The molecule has 0 aliphatic carbocycles. The summed E-state index contributed by atoms with van der Waals surface area (Å²) in [5, 5.41) is 13.0. The standard InChI is InChI=1S/C15H24N2O2/c1-11(2)9-13(15(19)17(3)4)16-10-12-7-5-6-8-14(12)18/h5-8,11,13,16,18H,9-10H2,1-4H3. The van der Waals surface area contributed by atoms with Gasteiger partial charge < -0.3 is 15.3 Å². The van der Waals surface area contributed by atoms with Gasteiger partial charge in [0, 0.05) is 26.2 Å². The van der Waals surface area contributed by atoms with E-state index in [0.29, 0.717) is 12.5 Å². The van der Waals surface area contributed by atoms with Crippen LogP contribution >= 0.6 is 0 Å². The summed E-state index contributed by atoms with van der Waals surface area (Å²) in [5.41, 5.74) is 0.808. The number of nitrogens with one attached hydrogen (secondary N) is 1. The maximum atomic E-state index is 12.1. The van der Waals surface area contributed by atoms with Crippen LogP contribution in [0.5, 0.6) is 5.75 Å². The van der Waals surface area contributed by atoms with Gasteiger partial charge >= 0.3 is 0 Å². The van der Waals surface area contributed by atoms with E-state index in [2.05, 4.69) is 19.2 Å². The first-order valence-electron chi connectivity index (χ1n) is 6.63. The molecule has 1 aromatic carbocycles. The van der Waals surface area contributed by atoms with E-state index >= 15 is 0 Å². The number of benzene rings is 1. The quantitative estimate of drug-likeness (QED) is 0.826. The normalized spacial score (nSPS) is 12.5. The minimum Gasteiger partial charge on any atom is -0.508 e. The Morgan fingerprint density at radius 1 is 1.32 bits per heavy atom. The smallest absolute Gasteiger partial charge is 0.239 e. The molecule has 106 valence electrons. The fraction of sp³-hybridized carbons (Fsp3) is 0.533. The van der Waals surface area contributed by atoms with Gasteiger partial charge in [-0.25, -0.2) is 0 Å². The van der Waals surface area contributed by atoms with Crippen LogP contribution in [0.15, 0.2) is 24.3 Å². The van der Waals surface area contributed by atoms with Crippen LogP contribution in [0.4, 0.5) is 0 Å². The molecule has 4 nitrogen and oxygen atoms in total. The van der Waals surface area contributed by atoms with Crippen LogP contribution in [-0.2, 0) is 11.3 Å². The lowest BCUT2D eigenvalue weighted by Gasteiger charge is -2.23. The van der Waals surface area contributed by atoms with Crippen LogP contribution in [0, 0.1) is 5.92 Å². The van der Waals surface area contributed by atoms with E-state index in [0.717, 1.165) is 12.0 Å². The van der Waals surface area contributed by atoms with Crippen molar-refractivity contribution in [2.45, 2.75) is 32.9 Å². The predicted octanol–water partition coefficient (Wildman–Crippen LogP) is 1.98. The minimum atomic E-state index is -0.213. The third-order valence-corrected chi connectivity index (χ3v) is 2.98. The Bertz CT molecular complexity index is 416. The summed E-state index contributed by atoms with van der Waals surface area (Å²) in [5.74, 6) is 0.769. The number of hydrogen-bond acceptors (Lipinski definition) is 3. The van der Waals surface area contributed by atoms with Crippen molar-refractivity contribution >= 4 is 5.91 Å². The van der Waals surface area contributed by atoms with Crippen molar-refractivity contribution in [2.24, 2.45) is 5.92 Å². The van der Waals surface area contributed by atoms with Gasteiger partial charge in [0.05, 0.1) is 6.04 Å². The van der Waals surface area contributed by atoms with Crippen LogP contribution in [0.1, 0.15) is 25.8 Å². The molecule has 19 heavy (non-hydrogen) atoms. The van der Waals surface area contributed by atoms with Crippen LogP contribution in [0.25, 0.3) is 0 Å². The van der Waals surface area contributed by atoms with Crippen molar-refractivity contribution in [1.82, 2.24) is 10.2 Å². The fourth-order valence-corrected chi connectivity index (χ4v) is 1.95. The Morgan fingerprint density at radius 2 is 1.95 bits per heavy atom. The molecular formula is C15H24N2O2. The maximum absolute atomic E-state index is 12.1. The lowest BCUT2D eigenvalue weighted by atomic mass is 10.0. The molecule has 0 aromatic heterocycles. The summed E-state index contributed by atoms with van der Waals surface area (Å²) in [6.45, 7) is 4.68. The van der Waals surface area contributed by atoms with Gasteiger partial charge in [0.1, 0.15) is 5.75 Å². The monoisotopic (exact) mass is 264 g/mol. The molecule has 0 bridgehead atoms. The topological polar surface area (TPSA) is 52.6 Å². The molecule has 0 saturated heterocycles. The Balaban J connectivity index is 2.68. The highest BCUT2D eigenvalue weighted by atomic mass is 16.3. The van der Waals surface area contributed by atoms with Crippen molar-refractivity contribution in [3.8, 4) is 5.75 Å².